The predicted molar refractivity (Wildman–Crippen MR) is 160 cm³/mol. The average molecular weight is 603 g/mol. The molecule has 2 heterocycles. The van der Waals surface area contributed by atoms with Crippen molar-refractivity contribution in [1.29, 1.82) is 0 Å². The van der Waals surface area contributed by atoms with Gasteiger partial charge in [0.05, 0.1) is 10.1 Å². The summed E-state index contributed by atoms with van der Waals surface area (Å²) in [5, 5.41) is 29.8. The lowest BCUT2D eigenvalue weighted by molar-refractivity contribution is 0.0991. The van der Waals surface area contributed by atoms with E-state index in [1.165, 1.54) is 17.0 Å². The fourth-order valence-corrected chi connectivity index (χ4v) is 7.06. The number of hydrogen-bond donors (Lipinski definition) is 5. The summed E-state index contributed by atoms with van der Waals surface area (Å²) in [7, 11) is -3.49. The van der Waals surface area contributed by atoms with Crippen molar-refractivity contribution < 1.29 is 28.2 Å². The number of aliphatic hydroxyl groups is 1. The van der Waals surface area contributed by atoms with Crippen LogP contribution in [0.5, 0.6) is 11.5 Å². The number of thiophene rings is 1. The normalized spacial score (nSPS) is 15.3. The lowest BCUT2D eigenvalue weighted by Crippen LogP contribution is -2.45. The van der Waals surface area contributed by atoms with Crippen LogP contribution in [0.25, 0.3) is 0 Å². The number of ether oxygens (including phenoxy) is 1. The van der Waals surface area contributed by atoms with Gasteiger partial charge in [0.15, 0.2) is 9.84 Å². The van der Waals surface area contributed by atoms with Crippen molar-refractivity contribution in [3.63, 3.8) is 0 Å². The van der Waals surface area contributed by atoms with Gasteiger partial charge in [-0.3, -0.25) is 4.90 Å². The Hall–Kier alpha value is -3.16. The number of aromatic hydroxyl groups is 1. The Labute approximate surface area is 245 Å². The van der Waals surface area contributed by atoms with Crippen LogP contribution >= 0.6 is 11.3 Å². The summed E-state index contributed by atoms with van der Waals surface area (Å²) >= 11 is 1.70. The molecule has 1 fully saturated rings. The molecule has 5 N–H and O–H groups in total. The van der Waals surface area contributed by atoms with Crippen LogP contribution in [0.15, 0.2) is 70.9 Å². The molecule has 0 spiro atoms. The molecule has 4 rings (SSSR count). The summed E-state index contributed by atoms with van der Waals surface area (Å²) in [6.45, 7) is 2.81. The van der Waals surface area contributed by atoms with Crippen molar-refractivity contribution in [3.05, 3.63) is 70.9 Å². The fraction of sp³-hybridized carbons (Fsp3) is 0.414. The standard InChI is InChI=1S/C29H38N4O6S2/c34-23-7-9-25(10-8-23)39-20-24(35)19-30-21-33-16-13-28(14-17-33)41(37,38)27-11-5-22(6-12-27)32-29(36)31-15-1-3-26-4-2-18-40-26/h2,4-12,18,24,28,30,34-35H,1,3,13-17,19-21H2,(H2,31,32,36)/t24-/m0/s1. The van der Waals surface area contributed by atoms with Crippen LogP contribution < -0.4 is 20.7 Å². The molecule has 1 aliphatic rings. The molecule has 0 saturated carbocycles. The highest BCUT2D eigenvalue weighted by Crippen LogP contribution is 2.25. The third-order valence-corrected chi connectivity index (χ3v) is 10.1. The van der Waals surface area contributed by atoms with E-state index in [1.807, 2.05) is 11.4 Å². The van der Waals surface area contributed by atoms with E-state index in [4.69, 9.17) is 4.74 Å². The van der Waals surface area contributed by atoms with Crippen LogP contribution in [0, 0.1) is 0 Å². The second-order valence-electron chi connectivity index (χ2n) is 10.0. The zero-order chi connectivity index (χ0) is 29.1. The van der Waals surface area contributed by atoms with Gasteiger partial charge >= 0.3 is 6.03 Å². The molecule has 2 aromatic carbocycles. The SMILES string of the molecule is O=C(NCCCc1cccs1)Nc1ccc(S(=O)(=O)C2CCN(CNC[C@H](O)COc3ccc(O)cc3)CC2)cc1. The van der Waals surface area contributed by atoms with E-state index in [9.17, 15) is 23.4 Å². The Bertz CT molecular complexity index is 1310. The first-order valence-electron chi connectivity index (χ1n) is 13.7. The minimum Gasteiger partial charge on any atom is -0.508 e. The third kappa shape index (κ3) is 9.72. The molecule has 1 aliphatic heterocycles. The second-order valence-corrected chi connectivity index (χ2v) is 13.3. The molecule has 2 amide bonds. The quantitative estimate of drug-likeness (QED) is 0.177. The Morgan fingerprint density at radius 2 is 1.80 bits per heavy atom. The number of carbonyl (C=O) groups is 1. The third-order valence-electron chi connectivity index (χ3n) is 6.87. The maximum absolute atomic E-state index is 13.2. The molecule has 222 valence electrons. The maximum atomic E-state index is 13.2. The first-order chi connectivity index (χ1) is 19.8. The molecule has 0 unspecified atom stereocenters. The number of benzene rings is 2. The van der Waals surface area contributed by atoms with E-state index in [0.717, 1.165) is 12.8 Å². The molecule has 0 radical (unpaired) electrons. The van der Waals surface area contributed by atoms with Crippen molar-refractivity contribution in [2.24, 2.45) is 0 Å². The van der Waals surface area contributed by atoms with Gasteiger partial charge in [0.25, 0.3) is 0 Å². The van der Waals surface area contributed by atoms with Crippen molar-refractivity contribution in [2.45, 2.75) is 41.9 Å². The molecular weight excluding hydrogens is 564 g/mol. The first-order valence-corrected chi connectivity index (χ1v) is 16.2. The highest BCUT2D eigenvalue weighted by atomic mass is 32.2. The number of anilines is 1. The van der Waals surface area contributed by atoms with E-state index in [-0.39, 0.29) is 23.3 Å². The molecule has 0 aliphatic carbocycles. The second kappa shape index (κ2) is 15.2. The van der Waals surface area contributed by atoms with E-state index in [1.54, 1.807) is 47.7 Å². The summed E-state index contributed by atoms with van der Waals surface area (Å²) in [4.78, 5) is 15.8. The van der Waals surface area contributed by atoms with Crippen LogP contribution in [0.1, 0.15) is 24.1 Å². The van der Waals surface area contributed by atoms with E-state index in [0.29, 0.717) is 57.1 Å². The average Bonchev–Trinajstić information content (AvgIpc) is 3.49. The number of amides is 2. The number of aliphatic hydroxyl groups excluding tert-OH is 1. The van der Waals surface area contributed by atoms with Crippen LogP contribution in [-0.2, 0) is 16.3 Å². The number of piperidine rings is 1. The molecule has 1 aromatic heterocycles. The van der Waals surface area contributed by atoms with Gasteiger partial charge in [0.2, 0.25) is 0 Å². The molecule has 0 bridgehead atoms. The van der Waals surface area contributed by atoms with Crippen LogP contribution in [0.4, 0.5) is 10.5 Å². The number of sulfone groups is 1. The topological polar surface area (TPSA) is 140 Å². The lowest BCUT2D eigenvalue weighted by atomic mass is 10.1. The number of rotatable bonds is 14. The van der Waals surface area contributed by atoms with Crippen molar-refractivity contribution in [2.75, 3.05) is 44.8 Å². The van der Waals surface area contributed by atoms with E-state index in [2.05, 4.69) is 26.9 Å². The van der Waals surface area contributed by atoms with Crippen LogP contribution in [-0.4, -0.2) is 80.4 Å². The summed E-state index contributed by atoms with van der Waals surface area (Å²) < 4.78 is 31.9. The lowest BCUT2D eigenvalue weighted by Gasteiger charge is -2.32. The summed E-state index contributed by atoms with van der Waals surface area (Å²) in [5.41, 5.74) is 0.538. The first kappa shape index (κ1) is 30.8. The zero-order valence-electron chi connectivity index (χ0n) is 22.9. The molecular formula is C29H38N4O6S2. The van der Waals surface area contributed by atoms with Gasteiger partial charge in [-0.05, 0) is 85.7 Å². The van der Waals surface area contributed by atoms with Gasteiger partial charge in [-0.15, -0.1) is 11.3 Å². The van der Waals surface area contributed by atoms with Crippen LogP contribution in [0.3, 0.4) is 0 Å². The number of carbonyl (C=O) groups excluding carboxylic acids is 1. The largest absolute Gasteiger partial charge is 0.508 e. The van der Waals surface area contributed by atoms with Gasteiger partial charge in [-0.2, -0.15) is 0 Å². The van der Waals surface area contributed by atoms with Gasteiger partial charge in [-0.1, -0.05) is 6.07 Å². The highest BCUT2D eigenvalue weighted by molar-refractivity contribution is 7.92. The van der Waals surface area contributed by atoms with Crippen molar-refractivity contribution in [1.82, 2.24) is 15.5 Å². The van der Waals surface area contributed by atoms with Crippen molar-refractivity contribution >= 4 is 32.9 Å². The molecule has 12 heteroatoms. The minimum absolute atomic E-state index is 0.118. The van der Waals surface area contributed by atoms with Gasteiger partial charge < -0.3 is 30.9 Å². The predicted octanol–water partition coefficient (Wildman–Crippen LogP) is 3.43. The molecule has 1 saturated heterocycles. The Kier molecular flexibility index (Phi) is 11.4. The smallest absolute Gasteiger partial charge is 0.319 e. The Morgan fingerprint density at radius 1 is 1.07 bits per heavy atom. The maximum Gasteiger partial charge on any atom is 0.319 e. The summed E-state index contributed by atoms with van der Waals surface area (Å²) in [6, 6.07) is 16.4. The van der Waals surface area contributed by atoms with Crippen molar-refractivity contribution in [3.8, 4) is 11.5 Å². The number of phenolic OH excluding ortho intramolecular Hbond substituents is 1. The number of urea groups is 1. The van der Waals surface area contributed by atoms with Gasteiger partial charge in [-0.25, -0.2) is 13.2 Å². The summed E-state index contributed by atoms with van der Waals surface area (Å²) in [6.07, 6.45) is 2.09. The molecule has 10 nitrogen and oxygen atoms in total. The molecule has 1 atom stereocenters. The van der Waals surface area contributed by atoms with E-state index >= 15 is 0 Å². The van der Waals surface area contributed by atoms with Crippen LogP contribution in [0.2, 0.25) is 0 Å². The number of hydrogen-bond acceptors (Lipinski definition) is 9. The number of phenols is 1. The van der Waals surface area contributed by atoms with Gasteiger partial charge in [0.1, 0.15) is 24.2 Å². The Balaban J connectivity index is 1.13. The minimum atomic E-state index is -3.49. The number of likely N-dealkylation sites (tertiary alicyclic amines) is 1. The zero-order valence-corrected chi connectivity index (χ0v) is 24.5. The monoisotopic (exact) mass is 602 g/mol. The summed E-state index contributed by atoms with van der Waals surface area (Å²) in [5.74, 6) is 0.719. The van der Waals surface area contributed by atoms with E-state index < -0.39 is 21.2 Å². The Morgan fingerprint density at radius 3 is 2.49 bits per heavy atom. The molecule has 3 aromatic rings. The highest BCUT2D eigenvalue weighted by Gasteiger charge is 2.31. The fourth-order valence-electron chi connectivity index (χ4n) is 4.58. The number of nitrogens with one attached hydrogen (secondary N) is 3. The van der Waals surface area contributed by atoms with Gasteiger partial charge in [0, 0.05) is 43.4 Å². The molecule has 41 heavy (non-hydrogen) atoms. The number of aryl methyl sites for hydroxylation is 1. The number of nitrogens with zero attached hydrogens (tertiary/aromatic N) is 1.